The smallest absolute Gasteiger partial charge is 0.270 e. The van der Waals surface area contributed by atoms with Crippen molar-refractivity contribution in [3.8, 4) is 0 Å². The molecule has 1 amide bonds. The van der Waals surface area contributed by atoms with Crippen molar-refractivity contribution < 1.29 is 13.9 Å². The van der Waals surface area contributed by atoms with E-state index in [4.69, 9.17) is 4.74 Å². The molecule has 2 N–H and O–H groups in total. The second kappa shape index (κ2) is 7.88. The molecule has 5 nitrogen and oxygen atoms in total. The maximum atomic E-state index is 12.8. The fourth-order valence-electron chi connectivity index (χ4n) is 2.54. The highest BCUT2D eigenvalue weighted by Crippen LogP contribution is 2.13. The topological polar surface area (TPSA) is 63.2 Å². The largest absolute Gasteiger partial charge is 0.381 e. The van der Waals surface area contributed by atoms with Crippen LogP contribution in [0, 0.1) is 5.82 Å². The van der Waals surface area contributed by atoms with E-state index in [9.17, 15) is 9.18 Å². The summed E-state index contributed by atoms with van der Waals surface area (Å²) in [6.45, 7) is 1.91. The molecule has 126 valence electrons. The lowest BCUT2D eigenvalue weighted by Gasteiger charge is -2.12. The zero-order valence-electron chi connectivity index (χ0n) is 13.3. The number of benzene rings is 1. The minimum Gasteiger partial charge on any atom is -0.381 e. The molecule has 24 heavy (non-hydrogen) atoms. The first kappa shape index (κ1) is 16.4. The number of anilines is 1. The number of aromatic nitrogens is 1. The first-order valence-electron chi connectivity index (χ1n) is 8.05. The van der Waals surface area contributed by atoms with Crippen LogP contribution in [0.2, 0.25) is 0 Å². The number of carbonyl (C=O) groups is 1. The third-order valence-corrected chi connectivity index (χ3v) is 3.92. The molecular formula is C18H20FN3O2. The Balaban J connectivity index is 1.48. The van der Waals surface area contributed by atoms with Crippen molar-refractivity contribution >= 4 is 11.6 Å². The van der Waals surface area contributed by atoms with Crippen molar-refractivity contribution in [2.75, 3.05) is 18.5 Å². The molecule has 6 heteroatoms. The van der Waals surface area contributed by atoms with E-state index in [2.05, 4.69) is 15.6 Å². The molecule has 1 aromatic heterocycles. The molecule has 0 saturated carbocycles. The van der Waals surface area contributed by atoms with Gasteiger partial charge in [-0.3, -0.25) is 4.79 Å². The molecule has 1 aliphatic heterocycles. The van der Waals surface area contributed by atoms with Gasteiger partial charge in [-0.2, -0.15) is 0 Å². The van der Waals surface area contributed by atoms with E-state index >= 15 is 0 Å². The average molecular weight is 329 g/mol. The molecule has 0 spiro atoms. The van der Waals surface area contributed by atoms with Crippen LogP contribution in [-0.4, -0.2) is 30.1 Å². The predicted molar refractivity (Wildman–Crippen MR) is 89.3 cm³/mol. The number of nitrogens with one attached hydrogen (secondary N) is 2. The van der Waals surface area contributed by atoms with Crippen LogP contribution < -0.4 is 10.6 Å². The van der Waals surface area contributed by atoms with Crippen molar-refractivity contribution in [3.63, 3.8) is 0 Å². The Morgan fingerprint density at radius 2 is 2.08 bits per heavy atom. The van der Waals surface area contributed by atoms with Crippen LogP contribution in [0.25, 0.3) is 0 Å². The van der Waals surface area contributed by atoms with Gasteiger partial charge < -0.3 is 15.4 Å². The molecule has 0 bridgehead atoms. The molecule has 2 heterocycles. The minimum absolute atomic E-state index is 0.253. The van der Waals surface area contributed by atoms with Gasteiger partial charge in [0.05, 0.1) is 18.0 Å². The van der Waals surface area contributed by atoms with Crippen LogP contribution in [0.4, 0.5) is 10.1 Å². The first-order chi connectivity index (χ1) is 11.7. The Bertz CT molecular complexity index is 668. The van der Waals surface area contributed by atoms with Gasteiger partial charge in [0.15, 0.2) is 0 Å². The maximum absolute atomic E-state index is 12.8. The number of rotatable bonds is 6. The van der Waals surface area contributed by atoms with Gasteiger partial charge in [-0.15, -0.1) is 0 Å². The van der Waals surface area contributed by atoms with E-state index < -0.39 is 0 Å². The molecule has 0 aliphatic carbocycles. The van der Waals surface area contributed by atoms with Crippen molar-refractivity contribution in [1.29, 1.82) is 0 Å². The number of amides is 1. The number of hydrogen-bond acceptors (Lipinski definition) is 4. The molecule has 1 aliphatic rings. The molecule has 1 saturated heterocycles. The minimum atomic E-state index is -0.294. The summed E-state index contributed by atoms with van der Waals surface area (Å²) in [7, 11) is 0. The summed E-state index contributed by atoms with van der Waals surface area (Å²) in [6, 6.07) is 9.53. The van der Waals surface area contributed by atoms with Gasteiger partial charge in [0.1, 0.15) is 11.5 Å². The second-order valence-electron chi connectivity index (χ2n) is 5.76. The Morgan fingerprint density at radius 3 is 2.75 bits per heavy atom. The predicted octanol–water partition coefficient (Wildman–Crippen LogP) is 2.74. The van der Waals surface area contributed by atoms with Crippen LogP contribution in [0.3, 0.4) is 0 Å². The number of halogens is 1. The molecular weight excluding hydrogens is 309 g/mol. The third-order valence-electron chi connectivity index (χ3n) is 3.92. The molecule has 3 rings (SSSR count). The Hall–Kier alpha value is -2.47. The Kier molecular flexibility index (Phi) is 5.38. The number of ether oxygens (including phenoxy) is 1. The fourth-order valence-corrected chi connectivity index (χ4v) is 2.54. The number of carbonyl (C=O) groups excluding carboxylic acids is 1. The van der Waals surface area contributed by atoms with Gasteiger partial charge in [-0.1, -0.05) is 12.1 Å². The number of hydrogen-bond donors (Lipinski definition) is 2. The normalized spacial score (nSPS) is 16.8. The van der Waals surface area contributed by atoms with Crippen molar-refractivity contribution in [1.82, 2.24) is 10.3 Å². The first-order valence-corrected chi connectivity index (χ1v) is 8.05. The van der Waals surface area contributed by atoms with Crippen LogP contribution in [0.5, 0.6) is 0 Å². The van der Waals surface area contributed by atoms with E-state index in [0.717, 1.165) is 37.2 Å². The fraction of sp³-hybridized carbons (Fsp3) is 0.333. The summed E-state index contributed by atoms with van der Waals surface area (Å²) in [5.41, 5.74) is 2.04. The molecule has 1 unspecified atom stereocenters. The van der Waals surface area contributed by atoms with Crippen LogP contribution >= 0.6 is 0 Å². The van der Waals surface area contributed by atoms with Gasteiger partial charge in [0.25, 0.3) is 5.91 Å². The quantitative estimate of drug-likeness (QED) is 0.855. The molecule has 0 radical (unpaired) electrons. The standard InChI is InChI=1S/C18H20FN3O2/c19-14-5-3-13(4-6-14)10-22-18(23)17-8-7-15(11-21-17)20-12-16-2-1-9-24-16/h3-8,11,16,20H,1-2,9-10,12H2,(H,22,23). The van der Waals surface area contributed by atoms with Crippen LogP contribution in [0.1, 0.15) is 28.9 Å². The summed E-state index contributed by atoms with van der Waals surface area (Å²) >= 11 is 0. The Morgan fingerprint density at radius 1 is 1.25 bits per heavy atom. The molecule has 1 fully saturated rings. The molecule has 2 aromatic rings. The lowest BCUT2D eigenvalue weighted by Crippen LogP contribution is -2.24. The highest BCUT2D eigenvalue weighted by Gasteiger charge is 2.15. The SMILES string of the molecule is O=C(NCc1ccc(F)cc1)c1ccc(NCC2CCCO2)cn1. The van der Waals surface area contributed by atoms with Gasteiger partial charge in [0.2, 0.25) is 0 Å². The maximum Gasteiger partial charge on any atom is 0.270 e. The zero-order chi connectivity index (χ0) is 16.8. The van der Waals surface area contributed by atoms with Crippen molar-refractivity contribution in [2.45, 2.75) is 25.5 Å². The van der Waals surface area contributed by atoms with Crippen LogP contribution in [-0.2, 0) is 11.3 Å². The lowest BCUT2D eigenvalue weighted by molar-refractivity contribution is 0.0946. The van der Waals surface area contributed by atoms with Gasteiger partial charge in [0, 0.05) is 19.7 Å². The van der Waals surface area contributed by atoms with Crippen molar-refractivity contribution in [3.05, 3.63) is 59.7 Å². The van der Waals surface area contributed by atoms with Crippen molar-refractivity contribution in [2.24, 2.45) is 0 Å². The summed E-state index contributed by atoms with van der Waals surface area (Å²) in [6.07, 6.45) is 4.08. The summed E-state index contributed by atoms with van der Waals surface area (Å²) in [4.78, 5) is 16.3. The van der Waals surface area contributed by atoms with Gasteiger partial charge >= 0.3 is 0 Å². The molecule has 1 atom stereocenters. The van der Waals surface area contributed by atoms with E-state index in [0.29, 0.717) is 12.2 Å². The third kappa shape index (κ3) is 4.52. The van der Waals surface area contributed by atoms with Crippen LogP contribution in [0.15, 0.2) is 42.6 Å². The van der Waals surface area contributed by atoms with E-state index in [-0.39, 0.29) is 17.8 Å². The monoisotopic (exact) mass is 329 g/mol. The summed E-state index contributed by atoms with van der Waals surface area (Å²) in [5.74, 6) is -0.553. The van der Waals surface area contributed by atoms with Gasteiger partial charge in [-0.25, -0.2) is 9.37 Å². The lowest BCUT2D eigenvalue weighted by atomic mass is 10.2. The highest BCUT2D eigenvalue weighted by atomic mass is 19.1. The van der Waals surface area contributed by atoms with Gasteiger partial charge in [-0.05, 0) is 42.7 Å². The zero-order valence-corrected chi connectivity index (χ0v) is 13.3. The number of pyridine rings is 1. The van der Waals surface area contributed by atoms with E-state index in [1.807, 2.05) is 6.07 Å². The second-order valence-corrected chi connectivity index (χ2v) is 5.76. The summed E-state index contributed by atoms with van der Waals surface area (Å²) in [5, 5.41) is 6.03. The number of nitrogens with zero attached hydrogens (tertiary/aromatic N) is 1. The highest BCUT2D eigenvalue weighted by molar-refractivity contribution is 5.92. The Labute approximate surface area is 140 Å². The van der Waals surface area contributed by atoms with E-state index in [1.54, 1.807) is 24.4 Å². The molecule has 1 aromatic carbocycles. The average Bonchev–Trinajstić information content (AvgIpc) is 3.13. The summed E-state index contributed by atoms with van der Waals surface area (Å²) < 4.78 is 18.4. The van der Waals surface area contributed by atoms with E-state index in [1.165, 1.54) is 12.1 Å².